The first-order valence-corrected chi connectivity index (χ1v) is 7.80. The molecule has 0 radical (unpaired) electrons. The van der Waals surface area contributed by atoms with Crippen LogP contribution in [0, 0.1) is 0 Å². The molecule has 0 atom stereocenters. The second-order valence-electron chi connectivity index (χ2n) is 5.71. The zero-order chi connectivity index (χ0) is 14.8. The molecule has 0 unspecified atom stereocenters. The van der Waals surface area contributed by atoms with Gasteiger partial charge in [-0.1, -0.05) is 36.6 Å². The number of anilines is 1. The standard InChI is InChI=1S/C16H18N6/c1-2-6-12(7-3-1)18-16-17-11-10-15(19-16)22-14-9-5-4-8-13(14)20-21-22/h4-5,8-12H,1-3,6-7H2,(H,17,18,19). The van der Waals surface area contributed by atoms with E-state index in [-0.39, 0.29) is 0 Å². The summed E-state index contributed by atoms with van der Waals surface area (Å²) in [6.45, 7) is 0. The maximum Gasteiger partial charge on any atom is 0.224 e. The number of fused-ring (bicyclic) bond motifs is 1. The van der Waals surface area contributed by atoms with Gasteiger partial charge in [0.15, 0.2) is 5.82 Å². The molecule has 1 N–H and O–H groups in total. The van der Waals surface area contributed by atoms with E-state index in [2.05, 4.69) is 25.6 Å². The van der Waals surface area contributed by atoms with Gasteiger partial charge in [-0.25, -0.2) is 4.98 Å². The lowest BCUT2D eigenvalue weighted by Gasteiger charge is -2.22. The molecule has 1 fully saturated rings. The Kier molecular flexibility index (Phi) is 3.42. The molecule has 0 aliphatic heterocycles. The smallest absolute Gasteiger partial charge is 0.224 e. The Bertz CT molecular complexity index is 775. The first kappa shape index (κ1) is 13.2. The minimum atomic E-state index is 0.483. The summed E-state index contributed by atoms with van der Waals surface area (Å²) < 4.78 is 1.75. The molecule has 6 heteroatoms. The number of aromatic nitrogens is 5. The number of hydrogen-bond donors (Lipinski definition) is 1. The topological polar surface area (TPSA) is 68.5 Å². The molecule has 0 bridgehead atoms. The fourth-order valence-electron chi connectivity index (χ4n) is 3.00. The van der Waals surface area contributed by atoms with Crippen LogP contribution in [0.1, 0.15) is 32.1 Å². The van der Waals surface area contributed by atoms with Gasteiger partial charge in [0.05, 0.1) is 5.52 Å². The van der Waals surface area contributed by atoms with Crippen LogP contribution >= 0.6 is 0 Å². The first-order chi connectivity index (χ1) is 10.9. The van der Waals surface area contributed by atoms with Crippen LogP contribution in [0.15, 0.2) is 36.5 Å². The van der Waals surface area contributed by atoms with Gasteiger partial charge in [0.25, 0.3) is 0 Å². The average Bonchev–Trinajstić information content (AvgIpc) is 3.00. The summed E-state index contributed by atoms with van der Waals surface area (Å²) in [5, 5.41) is 11.8. The third kappa shape index (κ3) is 2.52. The van der Waals surface area contributed by atoms with Crippen molar-refractivity contribution in [2.24, 2.45) is 0 Å². The highest BCUT2D eigenvalue weighted by molar-refractivity contribution is 5.75. The minimum absolute atomic E-state index is 0.483. The summed E-state index contributed by atoms with van der Waals surface area (Å²) in [6, 6.07) is 10.2. The van der Waals surface area contributed by atoms with Gasteiger partial charge in [0.2, 0.25) is 5.95 Å². The fourth-order valence-corrected chi connectivity index (χ4v) is 3.00. The second kappa shape index (κ2) is 5.71. The predicted molar refractivity (Wildman–Crippen MR) is 85.0 cm³/mol. The van der Waals surface area contributed by atoms with Gasteiger partial charge in [0, 0.05) is 18.3 Å². The van der Waals surface area contributed by atoms with Crippen LogP contribution in [0.2, 0.25) is 0 Å². The third-order valence-electron chi connectivity index (χ3n) is 4.15. The van der Waals surface area contributed by atoms with E-state index < -0.39 is 0 Å². The van der Waals surface area contributed by atoms with Crippen molar-refractivity contribution in [2.45, 2.75) is 38.1 Å². The largest absolute Gasteiger partial charge is 0.351 e. The van der Waals surface area contributed by atoms with Gasteiger partial charge >= 0.3 is 0 Å². The Morgan fingerprint density at radius 1 is 1.05 bits per heavy atom. The van der Waals surface area contributed by atoms with Crippen molar-refractivity contribution < 1.29 is 0 Å². The molecule has 4 rings (SSSR count). The molecule has 22 heavy (non-hydrogen) atoms. The third-order valence-corrected chi connectivity index (χ3v) is 4.15. The van der Waals surface area contributed by atoms with Gasteiger partial charge < -0.3 is 5.32 Å². The van der Waals surface area contributed by atoms with Crippen LogP contribution in [0.4, 0.5) is 5.95 Å². The van der Waals surface area contributed by atoms with Crippen molar-refractivity contribution in [3.8, 4) is 5.82 Å². The Hall–Kier alpha value is -2.50. The Balaban J connectivity index is 1.63. The highest BCUT2D eigenvalue weighted by Crippen LogP contribution is 2.21. The molecule has 2 aromatic heterocycles. The van der Waals surface area contributed by atoms with Crippen molar-refractivity contribution in [3.05, 3.63) is 36.5 Å². The molecule has 112 valence electrons. The lowest BCUT2D eigenvalue weighted by Crippen LogP contribution is -2.23. The Labute approximate surface area is 128 Å². The number of benzene rings is 1. The van der Waals surface area contributed by atoms with Crippen LogP contribution in [0.5, 0.6) is 0 Å². The fraction of sp³-hybridized carbons (Fsp3) is 0.375. The minimum Gasteiger partial charge on any atom is -0.351 e. The van der Waals surface area contributed by atoms with Gasteiger partial charge in [-0.2, -0.15) is 9.67 Å². The van der Waals surface area contributed by atoms with Gasteiger partial charge in [-0.15, -0.1) is 5.10 Å². The van der Waals surface area contributed by atoms with E-state index >= 15 is 0 Å². The van der Waals surface area contributed by atoms with E-state index in [1.807, 2.05) is 30.3 Å². The van der Waals surface area contributed by atoms with E-state index in [0.717, 1.165) is 16.9 Å². The second-order valence-corrected chi connectivity index (χ2v) is 5.71. The molecule has 0 saturated heterocycles. The first-order valence-electron chi connectivity index (χ1n) is 7.80. The molecular formula is C16H18N6. The summed E-state index contributed by atoms with van der Waals surface area (Å²) in [7, 11) is 0. The number of para-hydroxylation sites is 1. The summed E-state index contributed by atoms with van der Waals surface area (Å²) in [4.78, 5) is 8.94. The zero-order valence-electron chi connectivity index (χ0n) is 12.3. The van der Waals surface area contributed by atoms with Crippen molar-refractivity contribution >= 4 is 17.0 Å². The highest BCUT2D eigenvalue weighted by atomic mass is 15.4. The number of hydrogen-bond acceptors (Lipinski definition) is 5. The van der Waals surface area contributed by atoms with Gasteiger partial charge in [-0.05, 0) is 25.0 Å². The molecule has 1 aromatic carbocycles. The van der Waals surface area contributed by atoms with Crippen LogP contribution in [0.25, 0.3) is 16.9 Å². The molecule has 3 aromatic rings. The summed E-state index contributed by atoms with van der Waals surface area (Å²) >= 11 is 0. The molecule has 1 saturated carbocycles. The van der Waals surface area contributed by atoms with Crippen molar-refractivity contribution in [1.82, 2.24) is 25.0 Å². The van der Waals surface area contributed by atoms with Crippen molar-refractivity contribution in [1.29, 1.82) is 0 Å². The van der Waals surface area contributed by atoms with Crippen LogP contribution < -0.4 is 5.32 Å². The molecule has 0 amide bonds. The van der Waals surface area contributed by atoms with Crippen molar-refractivity contribution in [3.63, 3.8) is 0 Å². The van der Waals surface area contributed by atoms with E-state index in [4.69, 9.17) is 0 Å². The Morgan fingerprint density at radius 3 is 2.82 bits per heavy atom. The van der Waals surface area contributed by atoms with Crippen molar-refractivity contribution in [2.75, 3.05) is 5.32 Å². The van der Waals surface area contributed by atoms with Gasteiger partial charge in [0.1, 0.15) is 5.52 Å². The molecule has 2 heterocycles. The van der Waals surface area contributed by atoms with Gasteiger partial charge in [-0.3, -0.25) is 0 Å². The lowest BCUT2D eigenvalue weighted by atomic mass is 9.96. The molecule has 0 spiro atoms. The van der Waals surface area contributed by atoms with Crippen LogP contribution in [-0.4, -0.2) is 31.0 Å². The van der Waals surface area contributed by atoms with E-state index in [9.17, 15) is 0 Å². The number of rotatable bonds is 3. The maximum absolute atomic E-state index is 4.60. The SMILES string of the molecule is c1ccc2c(c1)nnn2-c1ccnc(NC2CCCCC2)n1. The summed E-state index contributed by atoms with van der Waals surface area (Å²) in [5.41, 5.74) is 1.81. The predicted octanol–water partition coefficient (Wildman–Crippen LogP) is 2.96. The quantitative estimate of drug-likeness (QED) is 0.804. The van der Waals surface area contributed by atoms with E-state index in [1.165, 1.54) is 32.1 Å². The normalized spacial score (nSPS) is 16.0. The van der Waals surface area contributed by atoms with Crippen LogP contribution in [0.3, 0.4) is 0 Å². The molecular weight excluding hydrogens is 276 g/mol. The summed E-state index contributed by atoms with van der Waals surface area (Å²) in [5.74, 6) is 1.41. The molecule has 1 aliphatic rings. The molecule has 6 nitrogen and oxygen atoms in total. The average molecular weight is 294 g/mol. The Morgan fingerprint density at radius 2 is 1.91 bits per heavy atom. The lowest BCUT2D eigenvalue weighted by molar-refractivity contribution is 0.460. The highest BCUT2D eigenvalue weighted by Gasteiger charge is 2.15. The molecule has 1 aliphatic carbocycles. The monoisotopic (exact) mass is 294 g/mol. The zero-order valence-corrected chi connectivity index (χ0v) is 12.3. The maximum atomic E-state index is 4.60. The van der Waals surface area contributed by atoms with E-state index in [1.54, 1.807) is 10.9 Å². The number of nitrogens with one attached hydrogen (secondary N) is 1. The van der Waals surface area contributed by atoms with Crippen LogP contribution in [-0.2, 0) is 0 Å². The van der Waals surface area contributed by atoms with E-state index in [0.29, 0.717) is 12.0 Å². The summed E-state index contributed by atoms with van der Waals surface area (Å²) in [6.07, 6.45) is 8.06. The number of nitrogens with zero attached hydrogens (tertiary/aromatic N) is 5.